The minimum atomic E-state index is -4.96. The summed E-state index contributed by atoms with van der Waals surface area (Å²) in [7, 11) is 0. The first-order chi connectivity index (χ1) is 18.3. The number of carbonyl (C=O) groups excluding carboxylic acids is 1. The third-order valence-electron chi connectivity index (χ3n) is 7.72. The molecular formula is C28H29F6N3O2. The smallest absolute Gasteiger partial charge is 0.372 e. The van der Waals surface area contributed by atoms with Crippen molar-refractivity contribution in [2.75, 3.05) is 19.7 Å². The number of nitrogens with one attached hydrogen (secondary N) is 1. The predicted octanol–water partition coefficient (Wildman–Crippen LogP) is 6.36. The molecule has 2 aromatic carbocycles. The Bertz CT molecular complexity index is 1180. The Hall–Kier alpha value is -3.10. The number of hydrogen-bond donors (Lipinski definition) is 1. The molecule has 2 heterocycles. The molecule has 1 amide bonds. The maximum Gasteiger partial charge on any atom is 0.416 e. The Kier molecular flexibility index (Phi) is 8.01. The molecule has 2 aromatic rings. The molecule has 1 N–H and O–H groups in total. The van der Waals surface area contributed by atoms with Crippen molar-refractivity contribution < 1.29 is 35.9 Å². The number of alkyl halides is 6. The molecule has 2 aliphatic rings. The van der Waals surface area contributed by atoms with Crippen LogP contribution in [0.4, 0.5) is 26.3 Å². The topological polar surface area (TPSA) is 65.4 Å². The Balaban J connectivity index is 1.60. The number of benzene rings is 2. The first kappa shape index (κ1) is 28.9. The van der Waals surface area contributed by atoms with Crippen molar-refractivity contribution in [1.82, 2.24) is 10.2 Å². The summed E-state index contributed by atoms with van der Waals surface area (Å²) in [4.78, 5) is 14.2. The van der Waals surface area contributed by atoms with E-state index in [1.165, 1.54) is 6.92 Å². The number of nitrogens with zero attached hydrogens (tertiary/aromatic N) is 2. The molecule has 0 saturated carbocycles. The molecule has 3 atom stereocenters. The van der Waals surface area contributed by atoms with E-state index in [0.29, 0.717) is 37.9 Å². The van der Waals surface area contributed by atoms with Gasteiger partial charge in [-0.25, -0.2) is 0 Å². The SMILES string of the molecule is CC(OC[C@@]1(c2ccccc2)CC[C@](C#N)(N2CCCCC2=O)CN1)c1cc(C(F)(F)F)cc(C(F)(F)F)c1. The third kappa shape index (κ3) is 6.07. The lowest BCUT2D eigenvalue weighted by Gasteiger charge is -2.49. The van der Waals surface area contributed by atoms with Gasteiger partial charge in [-0.05, 0) is 61.9 Å². The highest BCUT2D eigenvalue weighted by Gasteiger charge is 2.49. The van der Waals surface area contributed by atoms with Gasteiger partial charge in [0.05, 0.1) is 35.4 Å². The lowest BCUT2D eigenvalue weighted by molar-refractivity contribution is -0.143. The number of hydrogen-bond acceptors (Lipinski definition) is 4. The highest BCUT2D eigenvalue weighted by molar-refractivity contribution is 5.78. The van der Waals surface area contributed by atoms with E-state index in [4.69, 9.17) is 4.74 Å². The Morgan fingerprint density at radius 3 is 2.18 bits per heavy atom. The second-order valence-electron chi connectivity index (χ2n) is 10.2. The number of piperidine rings is 2. The van der Waals surface area contributed by atoms with Crippen LogP contribution in [0.1, 0.15) is 67.4 Å². The zero-order valence-corrected chi connectivity index (χ0v) is 21.3. The van der Waals surface area contributed by atoms with Gasteiger partial charge in [0.15, 0.2) is 0 Å². The number of carbonyl (C=O) groups is 1. The fourth-order valence-electron chi connectivity index (χ4n) is 5.34. The van der Waals surface area contributed by atoms with Crippen LogP contribution in [0.3, 0.4) is 0 Å². The Morgan fingerprint density at radius 2 is 1.67 bits per heavy atom. The molecule has 0 bridgehead atoms. The van der Waals surface area contributed by atoms with Gasteiger partial charge >= 0.3 is 12.4 Å². The summed E-state index contributed by atoms with van der Waals surface area (Å²) in [6.45, 7) is 1.95. The summed E-state index contributed by atoms with van der Waals surface area (Å²) in [5, 5.41) is 13.5. The molecule has 0 radical (unpaired) electrons. The summed E-state index contributed by atoms with van der Waals surface area (Å²) < 4.78 is 86.2. The van der Waals surface area contributed by atoms with Crippen LogP contribution >= 0.6 is 0 Å². The van der Waals surface area contributed by atoms with Crippen molar-refractivity contribution in [2.45, 2.75) is 68.6 Å². The van der Waals surface area contributed by atoms with Gasteiger partial charge in [-0.3, -0.25) is 4.79 Å². The number of halogens is 6. The summed E-state index contributed by atoms with van der Waals surface area (Å²) in [5.74, 6) is -0.0771. The molecular weight excluding hydrogens is 524 g/mol. The van der Waals surface area contributed by atoms with Gasteiger partial charge in [0, 0.05) is 19.5 Å². The van der Waals surface area contributed by atoms with Gasteiger partial charge in [-0.15, -0.1) is 0 Å². The molecule has 5 nitrogen and oxygen atoms in total. The summed E-state index contributed by atoms with van der Waals surface area (Å²) in [6, 6.07) is 12.9. The predicted molar refractivity (Wildman–Crippen MR) is 130 cm³/mol. The number of nitriles is 1. The largest absolute Gasteiger partial charge is 0.416 e. The minimum absolute atomic E-state index is 0.0771. The van der Waals surface area contributed by atoms with Crippen molar-refractivity contribution in [3.63, 3.8) is 0 Å². The van der Waals surface area contributed by atoms with Crippen LogP contribution in [-0.2, 0) is 27.4 Å². The normalized spacial score (nSPS) is 25.3. The molecule has 4 rings (SSSR count). The van der Waals surface area contributed by atoms with Crippen molar-refractivity contribution in [3.05, 3.63) is 70.8 Å². The van der Waals surface area contributed by atoms with Gasteiger partial charge in [0.1, 0.15) is 5.54 Å². The molecule has 0 aromatic heterocycles. The number of likely N-dealkylation sites (tertiary alicyclic amines) is 1. The fraction of sp³-hybridized carbons (Fsp3) is 0.500. The van der Waals surface area contributed by atoms with Crippen LogP contribution in [0, 0.1) is 11.3 Å². The molecule has 11 heteroatoms. The molecule has 0 spiro atoms. The summed E-state index contributed by atoms with van der Waals surface area (Å²) in [6.07, 6.45) is -8.37. The molecule has 2 fully saturated rings. The number of amides is 1. The third-order valence-corrected chi connectivity index (χ3v) is 7.72. The van der Waals surface area contributed by atoms with Crippen LogP contribution < -0.4 is 5.32 Å². The fourth-order valence-corrected chi connectivity index (χ4v) is 5.34. The average molecular weight is 554 g/mol. The Labute approximate surface area is 222 Å². The van der Waals surface area contributed by atoms with Gasteiger partial charge < -0.3 is 15.0 Å². The first-order valence-electron chi connectivity index (χ1n) is 12.7. The van der Waals surface area contributed by atoms with E-state index in [1.807, 2.05) is 30.3 Å². The molecule has 0 aliphatic carbocycles. The van der Waals surface area contributed by atoms with Gasteiger partial charge in [-0.2, -0.15) is 31.6 Å². The standard InChI is InChI=1S/C28H29F6N3O2/c1-19(20-13-22(27(29,30)31)15-23(14-20)28(32,33)34)39-18-26(21-7-3-2-4-8-21)11-10-25(16-35,17-36-26)37-12-6-5-9-24(37)38/h2-4,7-8,13-15,19,36H,5-6,9-12,17-18H2,1H3/t19?,25-,26-/m1/s1. The Morgan fingerprint density at radius 1 is 1.03 bits per heavy atom. The lowest BCUT2D eigenvalue weighted by atomic mass is 9.75. The van der Waals surface area contributed by atoms with E-state index in [1.54, 1.807) is 4.90 Å². The zero-order valence-electron chi connectivity index (χ0n) is 21.3. The summed E-state index contributed by atoms with van der Waals surface area (Å²) in [5.41, 5.74) is -4.18. The van der Waals surface area contributed by atoms with E-state index < -0.39 is 40.7 Å². The van der Waals surface area contributed by atoms with E-state index in [2.05, 4.69) is 11.4 Å². The highest BCUT2D eigenvalue weighted by atomic mass is 19.4. The van der Waals surface area contributed by atoms with E-state index >= 15 is 0 Å². The van der Waals surface area contributed by atoms with Crippen LogP contribution in [0.2, 0.25) is 0 Å². The maximum atomic E-state index is 13.4. The zero-order chi connectivity index (χ0) is 28.5. The van der Waals surface area contributed by atoms with Crippen molar-refractivity contribution >= 4 is 5.91 Å². The van der Waals surface area contributed by atoms with Gasteiger partial charge in [0.25, 0.3) is 0 Å². The van der Waals surface area contributed by atoms with Crippen molar-refractivity contribution in [1.29, 1.82) is 5.26 Å². The number of rotatable bonds is 6. The van der Waals surface area contributed by atoms with Crippen molar-refractivity contribution in [2.24, 2.45) is 0 Å². The van der Waals surface area contributed by atoms with Gasteiger partial charge in [-0.1, -0.05) is 30.3 Å². The van der Waals surface area contributed by atoms with Crippen molar-refractivity contribution in [3.8, 4) is 6.07 Å². The maximum absolute atomic E-state index is 13.4. The second kappa shape index (κ2) is 10.8. The minimum Gasteiger partial charge on any atom is -0.372 e. The quantitative estimate of drug-likeness (QED) is 0.423. The van der Waals surface area contributed by atoms with Crippen LogP contribution in [0.15, 0.2) is 48.5 Å². The van der Waals surface area contributed by atoms with Crippen LogP contribution in [0.25, 0.3) is 0 Å². The molecule has 1 unspecified atom stereocenters. The summed E-state index contributed by atoms with van der Waals surface area (Å²) >= 11 is 0. The monoisotopic (exact) mass is 553 g/mol. The molecule has 39 heavy (non-hydrogen) atoms. The van der Waals surface area contributed by atoms with E-state index in [0.717, 1.165) is 18.4 Å². The molecule has 2 aliphatic heterocycles. The van der Waals surface area contributed by atoms with Crippen LogP contribution in [0.5, 0.6) is 0 Å². The second-order valence-corrected chi connectivity index (χ2v) is 10.2. The number of ether oxygens (including phenoxy) is 1. The lowest BCUT2D eigenvalue weighted by Crippen LogP contribution is -2.65. The van der Waals surface area contributed by atoms with E-state index in [-0.39, 0.29) is 30.7 Å². The van der Waals surface area contributed by atoms with E-state index in [9.17, 15) is 36.4 Å². The first-order valence-corrected chi connectivity index (χ1v) is 12.7. The average Bonchev–Trinajstić information content (AvgIpc) is 2.91. The van der Waals surface area contributed by atoms with Crippen LogP contribution in [-0.4, -0.2) is 36.0 Å². The molecule has 2 saturated heterocycles. The molecule has 210 valence electrons. The highest BCUT2D eigenvalue weighted by Crippen LogP contribution is 2.41. The van der Waals surface area contributed by atoms with Gasteiger partial charge in [0.2, 0.25) is 5.91 Å².